The highest BCUT2D eigenvalue weighted by Crippen LogP contribution is 2.38. The van der Waals surface area contributed by atoms with Gasteiger partial charge in [0.25, 0.3) is 0 Å². The molecule has 2 fully saturated rings. The van der Waals surface area contributed by atoms with E-state index in [0.717, 1.165) is 17.5 Å². The number of hydrogen-bond donors (Lipinski definition) is 1. The number of carbonyl (C=O) groups is 2. The molecule has 1 atom stereocenters. The Hall–Kier alpha value is -2.14. The molecule has 0 bridgehead atoms. The van der Waals surface area contributed by atoms with Gasteiger partial charge in [-0.3, -0.25) is 9.59 Å². The molecule has 1 aliphatic heterocycles. The van der Waals surface area contributed by atoms with Crippen LogP contribution in [0, 0.1) is 11.3 Å². The molecule has 0 spiro atoms. The predicted octanol–water partition coefficient (Wildman–Crippen LogP) is 4.63. The normalized spacial score (nSPS) is 22.3. The molecular weight excluding hydrogens is 380 g/mol. The van der Waals surface area contributed by atoms with Crippen LogP contribution < -0.4 is 5.73 Å². The van der Waals surface area contributed by atoms with Gasteiger partial charge in [0.2, 0.25) is 11.8 Å². The van der Waals surface area contributed by atoms with Crippen molar-refractivity contribution < 1.29 is 9.59 Å². The smallest absolute Gasteiger partial charge is 0.225 e. The molecular formula is C24H30N2O2S. The van der Waals surface area contributed by atoms with Crippen molar-refractivity contribution in [3.8, 4) is 10.4 Å². The van der Waals surface area contributed by atoms with Crippen LogP contribution in [0.3, 0.4) is 0 Å². The molecule has 2 aliphatic rings. The highest BCUT2D eigenvalue weighted by Gasteiger charge is 2.45. The molecule has 5 heteroatoms. The van der Waals surface area contributed by atoms with Crippen molar-refractivity contribution in [2.45, 2.75) is 51.4 Å². The monoisotopic (exact) mass is 410 g/mol. The molecule has 4 rings (SSSR count). The Bertz CT molecular complexity index is 858. The third kappa shape index (κ3) is 4.40. The van der Waals surface area contributed by atoms with Gasteiger partial charge in [-0.1, -0.05) is 56.0 Å². The zero-order chi connectivity index (χ0) is 20.3. The number of carbonyl (C=O) groups excluding carboxylic acids is 2. The Morgan fingerprint density at radius 1 is 1.14 bits per heavy atom. The first-order valence-corrected chi connectivity index (χ1v) is 11.6. The number of rotatable bonds is 7. The maximum absolute atomic E-state index is 12.8. The van der Waals surface area contributed by atoms with Gasteiger partial charge in [0.05, 0.1) is 5.41 Å². The zero-order valence-electron chi connectivity index (χ0n) is 16.9. The first-order chi connectivity index (χ1) is 14.1. The van der Waals surface area contributed by atoms with Gasteiger partial charge in [0.1, 0.15) is 0 Å². The van der Waals surface area contributed by atoms with Gasteiger partial charge in [-0.15, -0.1) is 11.3 Å². The Balaban J connectivity index is 1.47. The zero-order valence-corrected chi connectivity index (χ0v) is 17.8. The fraction of sp³-hybridized carbons (Fsp3) is 0.500. The topological polar surface area (TPSA) is 63.4 Å². The van der Waals surface area contributed by atoms with E-state index in [4.69, 9.17) is 5.73 Å². The van der Waals surface area contributed by atoms with Gasteiger partial charge in [0.15, 0.2) is 0 Å². The molecule has 2 heterocycles. The summed E-state index contributed by atoms with van der Waals surface area (Å²) in [5.74, 6) is 0.608. The van der Waals surface area contributed by atoms with Crippen LogP contribution in [-0.4, -0.2) is 29.8 Å². The Morgan fingerprint density at radius 3 is 2.66 bits per heavy atom. The molecule has 154 valence electrons. The highest BCUT2D eigenvalue weighted by atomic mass is 32.1. The Labute approximate surface area is 177 Å². The molecule has 4 nitrogen and oxygen atoms in total. The van der Waals surface area contributed by atoms with Crippen molar-refractivity contribution >= 4 is 23.2 Å². The number of benzene rings is 1. The third-order valence-corrected chi connectivity index (χ3v) is 7.71. The molecule has 1 aliphatic carbocycles. The molecule has 0 unspecified atom stereocenters. The number of amides is 2. The van der Waals surface area contributed by atoms with E-state index in [2.05, 4.69) is 23.6 Å². The second kappa shape index (κ2) is 8.70. The summed E-state index contributed by atoms with van der Waals surface area (Å²) in [6.07, 6.45) is 7.95. The number of thiophene rings is 1. The minimum absolute atomic E-state index is 0.187. The van der Waals surface area contributed by atoms with Crippen LogP contribution in [0.4, 0.5) is 0 Å². The van der Waals surface area contributed by atoms with E-state index >= 15 is 0 Å². The van der Waals surface area contributed by atoms with Crippen molar-refractivity contribution in [1.29, 1.82) is 0 Å². The molecule has 2 N–H and O–H groups in total. The summed E-state index contributed by atoms with van der Waals surface area (Å²) in [6, 6.07) is 12.4. The summed E-state index contributed by atoms with van der Waals surface area (Å²) in [5.41, 5.74) is 7.54. The van der Waals surface area contributed by atoms with Crippen molar-refractivity contribution in [1.82, 2.24) is 4.90 Å². The lowest BCUT2D eigenvalue weighted by molar-refractivity contribution is -0.132. The van der Waals surface area contributed by atoms with Gasteiger partial charge >= 0.3 is 0 Å². The Morgan fingerprint density at radius 2 is 1.93 bits per heavy atom. The number of hydrogen-bond acceptors (Lipinski definition) is 3. The molecule has 1 aromatic carbocycles. The van der Waals surface area contributed by atoms with E-state index in [1.807, 2.05) is 23.1 Å². The lowest BCUT2D eigenvalue weighted by Crippen LogP contribution is -2.42. The standard InChI is InChI=1S/C24H30N2O2S/c25-23(28)24(16-19-8-3-4-9-20(19)21-10-5-15-29-21)13-14-26(17-24)22(27)12-11-18-6-1-2-7-18/h3-5,8-10,15,18H,1-2,6-7,11-14,16-17H2,(H2,25,28)/t24-/m0/s1. The van der Waals surface area contributed by atoms with Gasteiger partial charge in [0, 0.05) is 24.4 Å². The van der Waals surface area contributed by atoms with Crippen LogP contribution >= 0.6 is 11.3 Å². The molecule has 2 amide bonds. The maximum atomic E-state index is 12.8. The molecule has 29 heavy (non-hydrogen) atoms. The number of primary amides is 1. The largest absolute Gasteiger partial charge is 0.369 e. The van der Waals surface area contributed by atoms with Crippen molar-refractivity contribution in [2.75, 3.05) is 13.1 Å². The quantitative estimate of drug-likeness (QED) is 0.723. The van der Waals surface area contributed by atoms with E-state index in [1.165, 1.54) is 30.6 Å². The van der Waals surface area contributed by atoms with Gasteiger partial charge in [-0.05, 0) is 47.8 Å². The van der Waals surface area contributed by atoms with Crippen molar-refractivity contribution in [3.63, 3.8) is 0 Å². The van der Waals surface area contributed by atoms with Crippen LogP contribution in [0.5, 0.6) is 0 Å². The molecule has 2 aromatic rings. The summed E-state index contributed by atoms with van der Waals surface area (Å²) < 4.78 is 0. The number of nitrogens with two attached hydrogens (primary N) is 1. The van der Waals surface area contributed by atoms with E-state index < -0.39 is 5.41 Å². The van der Waals surface area contributed by atoms with Gasteiger partial charge in [-0.2, -0.15) is 0 Å². The van der Waals surface area contributed by atoms with Gasteiger partial charge < -0.3 is 10.6 Å². The van der Waals surface area contributed by atoms with E-state index in [-0.39, 0.29) is 11.8 Å². The van der Waals surface area contributed by atoms with Crippen molar-refractivity contribution in [3.05, 3.63) is 47.3 Å². The summed E-state index contributed by atoms with van der Waals surface area (Å²) in [7, 11) is 0. The lowest BCUT2D eigenvalue weighted by Gasteiger charge is -2.27. The first-order valence-electron chi connectivity index (χ1n) is 10.8. The SMILES string of the molecule is NC(=O)[C@]1(Cc2ccccc2-c2cccs2)CCN(C(=O)CCC2CCCC2)C1. The average molecular weight is 411 g/mol. The average Bonchev–Trinajstić information content (AvgIpc) is 3.48. The van der Waals surface area contributed by atoms with Crippen LogP contribution in [0.1, 0.15) is 50.5 Å². The van der Waals surface area contributed by atoms with Crippen LogP contribution in [0.15, 0.2) is 41.8 Å². The Kier molecular flexibility index (Phi) is 6.04. The number of likely N-dealkylation sites (tertiary alicyclic amines) is 1. The predicted molar refractivity (Wildman–Crippen MR) is 117 cm³/mol. The molecule has 1 saturated heterocycles. The third-order valence-electron chi connectivity index (χ3n) is 6.80. The van der Waals surface area contributed by atoms with E-state index in [0.29, 0.717) is 38.3 Å². The number of nitrogens with zero attached hydrogens (tertiary/aromatic N) is 1. The van der Waals surface area contributed by atoms with Gasteiger partial charge in [-0.25, -0.2) is 0 Å². The summed E-state index contributed by atoms with van der Waals surface area (Å²) in [6.45, 7) is 1.08. The fourth-order valence-electron chi connectivity index (χ4n) is 5.01. The van der Waals surface area contributed by atoms with Crippen molar-refractivity contribution in [2.24, 2.45) is 17.1 Å². The summed E-state index contributed by atoms with van der Waals surface area (Å²) >= 11 is 1.70. The maximum Gasteiger partial charge on any atom is 0.225 e. The molecule has 1 aromatic heterocycles. The minimum atomic E-state index is -0.670. The second-order valence-electron chi connectivity index (χ2n) is 8.71. The first kappa shape index (κ1) is 20.1. The minimum Gasteiger partial charge on any atom is -0.369 e. The second-order valence-corrected chi connectivity index (χ2v) is 9.66. The van der Waals surface area contributed by atoms with Crippen LogP contribution in [0.2, 0.25) is 0 Å². The highest BCUT2D eigenvalue weighted by molar-refractivity contribution is 7.13. The molecule has 0 radical (unpaired) electrons. The lowest BCUT2D eigenvalue weighted by atomic mass is 9.79. The fourth-order valence-corrected chi connectivity index (χ4v) is 5.80. The molecule has 1 saturated carbocycles. The van der Waals surface area contributed by atoms with E-state index in [9.17, 15) is 9.59 Å². The summed E-state index contributed by atoms with van der Waals surface area (Å²) in [4.78, 5) is 28.4. The van der Waals surface area contributed by atoms with E-state index in [1.54, 1.807) is 11.3 Å². The van der Waals surface area contributed by atoms with Crippen LogP contribution in [0.25, 0.3) is 10.4 Å². The van der Waals surface area contributed by atoms with Crippen LogP contribution in [-0.2, 0) is 16.0 Å². The summed E-state index contributed by atoms with van der Waals surface area (Å²) in [5, 5.41) is 2.07.